The van der Waals surface area contributed by atoms with E-state index < -0.39 is 62.7 Å². The molecule has 3 aliphatic heterocycles. The lowest BCUT2D eigenvalue weighted by atomic mass is 9.91. The van der Waals surface area contributed by atoms with Crippen LogP contribution in [0.25, 0.3) is 0 Å². The van der Waals surface area contributed by atoms with E-state index in [1.807, 2.05) is 52.0 Å². The third kappa shape index (κ3) is 6.79. The number of aliphatic hydroxyl groups is 1. The molecule has 7 atom stereocenters. The van der Waals surface area contributed by atoms with Crippen molar-refractivity contribution in [3.63, 3.8) is 0 Å². The lowest BCUT2D eigenvalue weighted by Gasteiger charge is -2.47. The minimum absolute atomic E-state index is 0.231. The number of hydrogen-bond donors (Lipinski definition) is 1. The molecular weight excluding hydrogens is 586 g/mol. The lowest BCUT2D eigenvalue weighted by Crippen LogP contribution is -2.68. The fourth-order valence-electron chi connectivity index (χ4n) is 7.21. The molecule has 3 saturated heterocycles. The van der Waals surface area contributed by atoms with Crippen LogP contribution in [0.15, 0.2) is 86.0 Å². The molecule has 0 radical (unpaired) electrons. The van der Waals surface area contributed by atoms with Gasteiger partial charge in [0.2, 0.25) is 0 Å². The van der Waals surface area contributed by atoms with Crippen LogP contribution in [0.4, 0.5) is 0 Å². The van der Waals surface area contributed by atoms with Crippen molar-refractivity contribution in [2.45, 2.75) is 108 Å². The van der Waals surface area contributed by atoms with Crippen molar-refractivity contribution < 1.29 is 33.2 Å². The summed E-state index contributed by atoms with van der Waals surface area (Å²) in [6.07, 6.45) is -0.419. The highest BCUT2D eigenvalue weighted by atomic mass is 28.4. The number of rotatable bonds is 12. The average Bonchev–Trinajstić information content (AvgIpc) is 3.48. The Bertz CT molecular complexity index is 1250. The van der Waals surface area contributed by atoms with Crippen molar-refractivity contribution in [1.82, 2.24) is 4.90 Å². The molecule has 2 aromatic carbocycles. The molecule has 1 N–H and O–H groups in total. The molecular formula is C36H51NO7Si. The van der Waals surface area contributed by atoms with Crippen LogP contribution in [-0.2, 0) is 28.1 Å². The van der Waals surface area contributed by atoms with E-state index in [-0.39, 0.29) is 11.6 Å². The summed E-state index contributed by atoms with van der Waals surface area (Å²) in [5, 5.41) is 14.5. The fourth-order valence-corrected chi connectivity index (χ4v) is 11.8. The van der Waals surface area contributed by atoms with Gasteiger partial charge in [-0.25, -0.2) is 0 Å². The first-order valence-electron chi connectivity index (χ1n) is 16.0. The third-order valence-electron chi connectivity index (χ3n) is 9.01. The predicted octanol–water partition coefficient (Wildman–Crippen LogP) is 4.36. The van der Waals surface area contributed by atoms with Crippen molar-refractivity contribution >= 4 is 18.7 Å². The van der Waals surface area contributed by atoms with Crippen molar-refractivity contribution in [2.75, 3.05) is 19.7 Å². The maximum Gasteiger partial charge on any atom is 0.261 e. The van der Waals surface area contributed by atoms with Crippen LogP contribution >= 0.6 is 0 Å². The second-order valence-electron chi connectivity index (χ2n) is 14.2. The molecule has 0 saturated carbocycles. The van der Waals surface area contributed by atoms with Crippen LogP contribution in [0.1, 0.15) is 48.5 Å². The molecule has 0 aliphatic carbocycles. The van der Waals surface area contributed by atoms with E-state index in [1.165, 1.54) is 10.4 Å². The molecule has 3 aliphatic rings. The monoisotopic (exact) mass is 637 g/mol. The summed E-state index contributed by atoms with van der Waals surface area (Å²) in [7, 11) is -2.92. The van der Waals surface area contributed by atoms with Gasteiger partial charge in [-0.05, 0) is 43.1 Å². The van der Waals surface area contributed by atoms with E-state index in [1.54, 1.807) is 0 Å². The normalized spacial score (nSPS) is 28.7. The SMILES string of the molecule is C=CCN(CC=C)[C@@H](CO[Si](c1ccccc1)(c1ccccc1)C(C)(C)C)[C@H](O)[C@H]1O[C@@H]2OC(C)(C)O[C@@H]2[C@H]2OC(C)(C)O[C@H]21. The number of benzene rings is 2. The Balaban J connectivity index is 1.55. The zero-order valence-electron chi connectivity index (χ0n) is 27.8. The first-order valence-corrected chi connectivity index (χ1v) is 17.9. The van der Waals surface area contributed by atoms with E-state index in [0.717, 1.165) is 0 Å². The minimum atomic E-state index is -2.92. The van der Waals surface area contributed by atoms with Crippen LogP contribution in [-0.4, -0.2) is 92.4 Å². The summed E-state index contributed by atoms with van der Waals surface area (Å²) in [6, 6.07) is 20.5. The van der Waals surface area contributed by atoms with Gasteiger partial charge in [0, 0.05) is 13.1 Å². The van der Waals surface area contributed by atoms with Gasteiger partial charge < -0.3 is 33.2 Å². The number of aliphatic hydroxyl groups excluding tert-OH is 1. The Labute approximate surface area is 270 Å². The Kier molecular flexibility index (Phi) is 9.97. The van der Waals surface area contributed by atoms with E-state index in [4.69, 9.17) is 28.1 Å². The predicted molar refractivity (Wildman–Crippen MR) is 178 cm³/mol. The van der Waals surface area contributed by atoms with Gasteiger partial charge in [0.1, 0.15) is 30.5 Å². The van der Waals surface area contributed by atoms with Gasteiger partial charge in [0.05, 0.1) is 12.6 Å². The van der Waals surface area contributed by atoms with Crippen molar-refractivity contribution in [3.05, 3.63) is 86.0 Å². The quantitative estimate of drug-likeness (QED) is 0.272. The average molecular weight is 638 g/mol. The van der Waals surface area contributed by atoms with E-state index in [9.17, 15) is 5.11 Å². The molecule has 3 fully saturated rings. The first-order chi connectivity index (χ1) is 21.2. The van der Waals surface area contributed by atoms with Crippen LogP contribution in [0.5, 0.6) is 0 Å². The van der Waals surface area contributed by atoms with Gasteiger partial charge >= 0.3 is 0 Å². The van der Waals surface area contributed by atoms with Crippen molar-refractivity contribution in [3.8, 4) is 0 Å². The molecule has 2 aromatic rings. The second kappa shape index (κ2) is 13.1. The fraction of sp³-hybridized carbons (Fsp3) is 0.556. The number of nitrogens with zero attached hydrogens (tertiary/aromatic N) is 1. The van der Waals surface area contributed by atoms with E-state index in [2.05, 4.69) is 87.4 Å². The number of ether oxygens (including phenoxy) is 5. The van der Waals surface area contributed by atoms with Crippen LogP contribution in [0.2, 0.25) is 5.04 Å². The standard InChI is InChI=1S/C36H51NO7Si/c1-10-22-37(23-11-2)27(24-39-45(34(3,4)5,25-18-14-12-15-19-25)26-20-16-13-17-21-26)28(38)29-30-31(42-35(6,7)41-30)32-33(40-29)44-36(8,9)43-32/h10-21,27-33,38H,1-2,22-24H2,3-9H3/t27-,28-,29+,30-,31-,32+,33+/m0/s1. The Hall–Kier alpha value is -2.18. The molecule has 0 unspecified atom stereocenters. The summed E-state index contributed by atoms with van der Waals surface area (Å²) < 4.78 is 39.1. The van der Waals surface area contributed by atoms with Gasteiger partial charge in [-0.15, -0.1) is 13.2 Å². The highest BCUT2D eigenvalue weighted by molar-refractivity contribution is 6.99. The maximum absolute atomic E-state index is 12.4. The van der Waals surface area contributed by atoms with E-state index >= 15 is 0 Å². The zero-order chi connectivity index (χ0) is 32.6. The molecule has 0 bridgehead atoms. The van der Waals surface area contributed by atoms with Crippen LogP contribution < -0.4 is 10.4 Å². The smallest absolute Gasteiger partial charge is 0.261 e. The Morgan fingerprint density at radius 1 is 0.822 bits per heavy atom. The highest BCUT2D eigenvalue weighted by Gasteiger charge is 2.62. The molecule has 9 heteroatoms. The van der Waals surface area contributed by atoms with Gasteiger partial charge in [-0.1, -0.05) is 93.6 Å². The summed E-state index contributed by atoms with van der Waals surface area (Å²) in [6.45, 7) is 23.5. The topological polar surface area (TPSA) is 78.9 Å². The van der Waals surface area contributed by atoms with Gasteiger partial charge in [0.15, 0.2) is 17.9 Å². The molecule has 5 rings (SSSR count). The molecule has 45 heavy (non-hydrogen) atoms. The maximum atomic E-state index is 12.4. The van der Waals surface area contributed by atoms with Crippen LogP contribution in [0, 0.1) is 0 Å². The number of fused-ring (bicyclic) bond motifs is 3. The molecule has 8 nitrogen and oxygen atoms in total. The Morgan fingerprint density at radius 2 is 1.31 bits per heavy atom. The summed E-state index contributed by atoms with van der Waals surface area (Å²) in [5.41, 5.74) is 0. The molecule has 0 aromatic heterocycles. The number of hydrogen-bond acceptors (Lipinski definition) is 8. The first kappa shape index (κ1) is 34.2. The van der Waals surface area contributed by atoms with Crippen LogP contribution in [0.3, 0.4) is 0 Å². The molecule has 3 heterocycles. The van der Waals surface area contributed by atoms with E-state index in [0.29, 0.717) is 13.1 Å². The second-order valence-corrected chi connectivity index (χ2v) is 18.5. The zero-order valence-corrected chi connectivity index (χ0v) is 28.8. The third-order valence-corrected chi connectivity index (χ3v) is 14.0. The Morgan fingerprint density at radius 3 is 1.82 bits per heavy atom. The van der Waals surface area contributed by atoms with Crippen molar-refractivity contribution in [2.24, 2.45) is 0 Å². The summed E-state index contributed by atoms with van der Waals surface area (Å²) in [4.78, 5) is 2.13. The summed E-state index contributed by atoms with van der Waals surface area (Å²) >= 11 is 0. The molecule has 0 spiro atoms. The molecule has 246 valence electrons. The minimum Gasteiger partial charge on any atom is -0.406 e. The molecule has 0 amide bonds. The lowest BCUT2D eigenvalue weighted by molar-refractivity contribution is -0.258. The van der Waals surface area contributed by atoms with Gasteiger partial charge in [-0.3, -0.25) is 4.90 Å². The largest absolute Gasteiger partial charge is 0.406 e. The summed E-state index contributed by atoms with van der Waals surface area (Å²) in [5.74, 6) is -1.75. The van der Waals surface area contributed by atoms with Gasteiger partial charge in [-0.2, -0.15) is 0 Å². The highest BCUT2D eigenvalue weighted by Crippen LogP contribution is 2.45. The van der Waals surface area contributed by atoms with Gasteiger partial charge in [0.25, 0.3) is 8.32 Å². The van der Waals surface area contributed by atoms with Crippen molar-refractivity contribution in [1.29, 1.82) is 0 Å².